The van der Waals surface area contributed by atoms with Crippen LogP contribution in [0.4, 0.5) is 9.18 Å². The minimum Gasteiger partial charge on any atom is -0.315 e. The molecule has 2 atom stereocenters. The fourth-order valence-corrected chi connectivity index (χ4v) is 3.84. The van der Waals surface area contributed by atoms with Crippen molar-refractivity contribution in [1.29, 1.82) is 0 Å². The molecule has 3 amide bonds. The number of hydrogen-bond acceptors (Lipinski definition) is 5. The van der Waals surface area contributed by atoms with Crippen LogP contribution in [0.25, 0.3) is 0 Å². The molecule has 4 rings (SSSR count). The van der Waals surface area contributed by atoms with Crippen molar-refractivity contribution in [2.75, 3.05) is 13.6 Å². The van der Waals surface area contributed by atoms with E-state index in [4.69, 9.17) is 0 Å². The third-order valence-corrected chi connectivity index (χ3v) is 5.24. The van der Waals surface area contributed by atoms with Crippen molar-refractivity contribution in [1.82, 2.24) is 19.6 Å². The van der Waals surface area contributed by atoms with E-state index in [1.165, 1.54) is 11.0 Å². The maximum Gasteiger partial charge on any atom is 0.328 e. The summed E-state index contributed by atoms with van der Waals surface area (Å²) in [4.78, 5) is 37.1. The normalized spacial score (nSPS) is 24.3. The molecule has 1 aromatic rings. The largest absolute Gasteiger partial charge is 0.328 e. The van der Waals surface area contributed by atoms with Gasteiger partial charge in [0.1, 0.15) is 5.82 Å². The van der Waals surface area contributed by atoms with Crippen LogP contribution in [0.15, 0.2) is 41.2 Å². The van der Waals surface area contributed by atoms with Gasteiger partial charge in [-0.15, -0.1) is 0 Å². The van der Waals surface area contributed by atoms with Gasteiger partial charge < -0.3 is 14.7 Å². The quantitative estimate of drug-likeness (QED) is 0.814. The molecule has 0 saturated carbocycles. The number of carbonyl (C=O) groups is 2. The van der Waals surface area contributed by atoms with Crippen molar-refractivity contribution in [2.45, 2.75) is 39.0 Å². The number of urea groups is 1. The molecule has 7 nitrogen and oxygen atoms in total. The molecule has 3 heterocycles. The minimum absolute atomic E-state index is 0.0948. The Bertz CT molecular complexity index is 867. The van der Waals surface area contributed by atoms with Gasteiger partial charge in [-0.2, -0.15) is 0 Å². The zero-order chi connectivity index (χ0) is 19.3. The lowest BCUT2D eigenvalue weighted by Gasteiger charge is -2.40. The first-order chi connectivity index (χ1) is 12.9. The minimum atomic E-state index is -0.619. The van der Waals surface area contributed by atoms with Crippen LogP contribution >= 0.6 is 0 Å². The van der Waals surface area contributed by atoms with Crippen LogP contribution in [-0.2, 0) is 11.3 Å². The number of imide groups is 1. The van der Waals surface area contributed by atoms with Crippen LogP contribution in [0.5, 0.6) is 0 Å². The zero-order valence-electron chi connectivity index (χ0n) is 15.6. The van der Waals surface area contributed by atoms with Gasteiger partial charge >= 0.3 is 6.03 Å². The van der Waals surface area contributed by atoms with Crippen LogP contribution in [0.1, 0.15) is 25.8 Å². The number of aliphatic imine (C=N–C) groups is 1. The maximum absolute atomic E-state index is 14.1. The summed E-state index contributed by atoms with van der Waals surface area (Å²) >= 11 is 0. The third kappa shape index (κ3) is 2.58. The Labute approximate surface area is 157 Å². The van der Waals surface area contributed by atoms with Gasteiger partial charge in [-0.05, 0) is 19.4 Å². The number of fused-ring (bicyclic) bond motifs is 3. The number of likely N-dealkylation sites (N-methyl/N-ethyl adjacent to an activating group) is 1. The molecule has 0 aliphatic carbocycles. The number of halogens is 1. The Hall–Kier alpha value is -2.90. The second kappa shape index (κ2) is 6.37. The molecule has 8 heteroatoms. The standard InChI is InChI=1S/C19H22FN5O2/c1-4-9-23-12(2)10-24-15-16(21-18(23)24)22(3)19(27)25(17(15)26)11-13-7-5-6-8-14(13)20/h5-8,10,15-16H,4,9,11H2,1-3H3. The number of allylic oxidation sites excluding steroid dienone is 1. The smallest absolute Gasteiger partial charge is 0.315 e. The van der Waals surface area contributed by atoms with Gasteiger partial charge in [0.25, 0.3) is 5.91 Å². The lowest BCUT2D eigenvalue weighted by atomic mass is 10.1. The molecule has 142 valence electrons. The number of hydrogen-bond donors (Lipinski definition) is 0. The highest BCUT2D eigenvalue weighted by molar-refractivity contribution is 6.04. The highest BCUT2D eigenvalue weighted by Crippen LogP contribution is 2.34. The predicted molar refractivity (Wildman–Crippen MR) is 97.7 cm³/mol. The van der Waals surface area contributed by atoms with Crippen molar-refractivity contribution in [3.8, 4) is 0 Å². The molecule has 0 bridgehead atoms. The molecule has 0 radical (unpaired) electrons. The van der Waals surface area contributed by atoms with E-state index in [9.17, 15) is 14.0 Å². The number of rotatable bonds is 4. The summed E-state index contributed by atoms with van der Waals surface area (Å²) in [5.74, 6) is -0.0881. The van der Waals surface area contributed by atoms with Crippen LogP contribution in [-0.4, -0.2) is 63.3 Å². The molecule has 0 spiro atoms. The predicted octanol–water partition coefficient (Wildman–Crippen LogP) is 2.17. The van der Waals surface area contributed by atoms with E-state index in [0.717, 1.165) is 23.6 Å². The Morgan fingerprint density at radius 1 is 1.19 bits per heavy atom. The number of nitrogens with zero attached hydrogens (tertiary/aromatic N) is 5. The SMILES string of the molecule is CCCN1C(C)=CN2C1=NC1C2C(=O)N(Cc2ccccc2F)C(=O)N1C. The van der Waals surface area contributed by atoms with Gasteiger partial charge in [0.05, 0.1) is 6.54 Å². The molecule has 3 aliphatic heterocycles. The van der Waals surface area contributed by atoms with Crippen LogP contribution in [0, 0.1) is 5.82 Å². The summed E-state index contributed by atoms with van der Waals surface area (Å²) in [5, 5.41) is 0. The second-order valence-corrected chi connectivity index (χ2v) is 7.03. The topological polar surface area (TPSA) is 59.5 Å². The average Bonchev–Trinajstić information content (AvgIpc) is 3.15. The van der Waals surface area contributed by atoms with Crippen LogP contribution < -0.4 is 0 Å². The van der Waals surface area contributed by atoms with E-state index in [0.29, 0.717) is 11.5 Å². The van der Waals surface area contributed by atoms with Gasteiger partial charge in [-0.1, -0.05) is 25.1 Å². The lowest BCUT2D eigenvalue weighted by molar-refractivity contribution is -0.137. The summed E-state index contributed by atoms with van der Waals surface area (Å²) in [6.45, 7) is 4.75. The van der Waals surface area contributed by atoms with Crippen molar-refractivity contribution in [3.63, 3.8) is 0 Å². The number of carbonyl (C=O) groups excluding carboxylic acids is 2. The highest BCUT2D eigenvalue weighted by atomic mass is 19.1. The van der Waals surface area contributed by atoms with Crippen LogP contribution in [0.2, 0.25) is 0 Å². The lowest BCUT2D eigenvalue weighted by Crippen LogP contribution is -2.63. The van der Waals surface area contributed by atoms with Crippen molar-refractivity contribution in [3.05, 3.63) is 47.5 Å². The molecule has 3 aliphatic rings. The summed E-state index contributed by atoms with van der Waals surface area (Å²) in [7, 11) is 1.63. The molecular formula is C19H22FN5O2. The second-order valence-electron chi connectivity index (χ2n) is 7.03. The number of guanidine groups is 1. The molecular weight excluding hydrogens is 349 g/mol. The highest BCUT2D eigenvalue weighted by Gasteiger charge is 2.54. The Morgan fingerprint density at radius 3 is 2.63 bits per heavy atom. The van der Waals surface area contributed by atoms with Gasteiger partial charge in [0, 0.05) is 31.1 Å². The molecule has 27 heavy (non-hydrogen) atoms. The van der Waals surface area contributed by atoms with E-state index >= 15 is 0 Å². The molecule has 1 aromatic carbocycles. The Kier molecular flexibility index (Phi) is 4.13. The fourth-order valence-electron chi connectivity index (χ4n) is 3.84. The van der Waals surface area contributed by atoms with Gasteiger partial charge in [0.15, 0.2) is 12.2 Å². The van der Waals surface area contributed by atoms with E-state index in [1.54, 1.807) is 25.2 Å². The first-order valence-electron chi connectivity index (χ1n) is 9.07. The molecule has 2 unspecified atom stereocenters. The first-order valence-corrected chi connectivity index (χ1v) is 9.07. The Balaban J connectivity index is 1.65. The van der Waals surface area contributed by atoms with Crippen molar-refractivity contribution in [2.24, 2.45) is 4.99 Å². The monoisotopic (exact) mass is 371 g/mol. The fraction of sp³-hybridized carbons (Fsp3) is 0.421. The molecule has 0 aromatic heterocycles. The van der Waals surface area contributed by atoms with Gasteiger partial charge in [-0.25, -0.2) is 14.2 Å². The van der Waals surface area contributed by atoms with Gasteiger partial charge in [-0.3, -0.25) is 9.69 Å². The number of benzene rings is 1. The molecule has 0 N–H and O–H groups in total. The molecule has 1 saturated heterocycles. The van der Waals surface area contributed by atoms with E-state index < -0.39 is 24.1 Å². The third-order valence-electron chi connectivity index (χ3n) is 5.24. The number of amides is 3. The summed E-state index contributed by atoms with van der Waals surface area (Å²) < 4.78 is 14.1. The van der Waals surface area contributed by atoms with E-state index in [2.05, 4.69) is 16.8 Å². The Morgan fingerprint density at radius 2 is 1.93 bits per heavy atom. The van der Waals surface area contributed by atoms with Gasteiger partial charge in [0.2, 0.25) is 5.96 Å². The average molecular weight is 371 g/mol. The first kappa shape index (κ1) is 17.5. The maximum atomic E-state index is 14.1. The molecule has 1 fully saturated rings. The zero-order valence-corrected chi connectivity index (χ0v) is 15.6. The summed E-state index contributed by atoms with van der Waals surface area (Å²) in [6, 6.07) is 5.10. The van der Waals surface area contributed by atoms with Crippen LogP contribution in [0.3, 0.4) is 0 Å². The van der Waals surface area contributed by atoms with Crippen molar-refractivity contribution < 1.29 is 14.0 Å². The van der Waals surface area contributed by atoms with Crippen molar-refractivity contribution >= 4 is 17.9 Å². The summed E-state index contributed by atoms with van der Waals surface area (Å²) in [6.07, 6.45) is 2.28. The van der Waals surface area contributed by atoms with E-state index in [-0.39, 0.29) is 12.5 Å². The summed E-state index contributed by atoms with van der Waals surface area (Å²) in [5.41, 5.74) is 1.33. The van der Waals surface area contributed by atoms with E-state index in [1.807, 2.05) is 18.0 Å².